The SMILES string of the molecule is O=C(O)CC(=O)N1CCCC12CCCC2. The van der Waals surface area contributed by atoms with Gasteiger partial charge in [0.05, 0.1) is 0 Å². The topological polar surface area (TPSA) is 57.6 Å². The van der Waals surface area contributed by atoms with Crippen molar-refractivity contribution in [3.8, 4) is 0 Å². The number of likely N-dealkylation sites (tertiary alicyclic amines) is 1. The van der Waals surface area contributed by atoms with Crippen molar-refractivity contribution in [2.75, 3.05) is 6.54 Å². The molecule has 0 aromatic carbocycles. The molecule has 0 atom stereocenters. The molecule has 0 unspecified atom stereocenters. The maximum atomic E-state index is 11.8. The van der Waals surface area contributed by atoms with E-state index in [1.165, 1.54) is 12.8 Å². The third-order valence-corrected chi connectivity index (χ3v) is 3.73. The first-order valence-corrected chi connectivity index (χ1v) is 5.66. The number of carboxylic acid groups (broad SMARTS) is 1. The average Bonchev–Trinajstić information content (AvgIpc) is 2.76. The van der Waals surface area contributed by atoms with Crippen molar-refractivity contribution in [1.29, 1.82) is 0 Å². The van der Waals surface area contributed by atoms with Gasteiger partial charge in [-0.1, -0.05) is 12.8 Å². The Balaban J connectivity index is 2.07. The highest BCUT2D eigenvalue weighted by Gasteiger charge is 2.45. The summed E-state index contributed by atoms with van der Waals surface area (Å²) in [5, 5.41) is 8.63. The van der Waals surface area contributed by atoms with Gasteiger partial charge in [0.15, 0.2) is 0 Å². The van der Waals surface area contributed by atoms with E-state index in [0.717, 1.165) is 32.2 Å². The molecule has 15 heavy (non-hydrogen) atoms. The van der Waals surface area contributed by atoms with Crippen LogP contribution in [0.15, 0.2) is 0 Å². The zero-order valence-electron chi connectivity index (χ0n) is 8.87. The van der Waals surface area contributed by atoms with Crippen molar-refractivity contribution < 1.29 is 14.7 Å². The van der Waals surface area contributed by atoms with Gasteiger partial charge in [-0.15, -0.1) is 0 Å². The summed E-state index contributed by atoms with van der Waals surface area (Å²) in [6.45, 7) is 0.756. The minimum absolute atomic E-state index is 0.0343. The molecule has 2 aliphatic rings. The predicted octanol–water partition coefficient (Wildman–Crippen LogP) is 1.40. The minimum Gasteiger partial charge on any atom is -0.481 e. The van der Waals surface area contributed by atoms with Crippen molar-refractivity contribution in [2.24, 2.45) is 0 Å². The molecule has 4 heteroatoms. The molecule has 2 rings (SSSR count). The number of hydrogen-bond acceptors (Lipinski definition) is 2. The fourth-order valence-corrected chi connectivity index (χ4v) is 3.11. The largest absolute Gasteiger partial charge is 0.481 e. The van der Waals surface area contributed by atoms with Crippen LogP contribution in [0, 0.1) is 0 Å². The van der Waals surface area contributed by atoms with E-state index in [-0.39, 0.29) is 17.9 Å². The first-order valence-electron chi connectivity index (χ1n) is 5.66. The molecule has 1 N–H and O–H groups in total. The molecule has 0 aromatic heterocycles. The summed E-state index contributed by atoms with van der Waals surface area (Å²) in [7, 11) is 0. The van der Waals surface area contributed by atoms with Gasteiger partial charge < -0.3 is 10.0 Å². The third-order valence-electron chi connectivity index (χ3n) is 3.73. The molecule has 1 amide bonds. The lowest BCUT2D eigenvalue weighted by molar-refractivity contribution is -0.146. The summed E-state index contributed by atoms with van der Waals surface area (Å²) < 4.78 is 0. The second-order valence-corrected chi connectivity index (χ2v) is 4.65. The van der Waals surface area contributed by atoms with Crippen molar-refractivity contribution in [2.45, 2.75) is 50.5 Å². The van der Waals surface area contributed by atoms with Gasteiger partial charge in [-0.3, -0.25) is 9.59 Å². The maximum absolute atomic E-state index is 11.8. The molecule has 0 bridgehead atoms. The van der Waals surface area contributed by atoms with Crippen LogP contribution in [-0.2, 0) is 9.59 Å². The molecule has 84 valence electrons. The number of carbonyl (C=O) groups is 2. The van der Waals surface area contributed by atoms with E-state index in [4.69, 9.17) is 5.11 Å². The zero-order valence-corrected chi connectivity index (χ0v) is 8.87. The molecule has 1 aliphatic carbocycles. The Morgan fingerprint density at radius 1 is 1.13 bits per heavy atom. The van der Waals surface area contributed by atoms with E-state index in [2.05, 4.69) is 0 Å². The second-order valence-electron chi connectivity index (χ2n) is 4.65. The standard InChI is InChI=1S/C11H17NO3/c13-9(8-10(14)15)12-7-3-6-11(12)4-1-2-5-11/h1-8H2,(H,14,15). The van der Waals surface area contributed by atoms with Crippen LogP contribution in [0.5, 0.6) is 0 Å². The van der Waals surface area contributed by atoms with Crippen LogP contribution in [-0.4, -0.2) is 34.0 Å². The Morgan fingerprint density at radius 3 is 2.33 bits per heavy atom. The number of nitrogens with zero attached hydrogens (tertiary/aromatic N) is 1. The van der Waals surface area contributed by atoms with Crippen molar-refractivity contribution in [3.05, 3.63) is 0 Å². The van der Waals surface area contributed by atoms with Crippen LogP contribution in [0.2, 0.25) is 0 Å². The van der Waals surface area contributed by atoms with E-state index in [1.807, 2.05) is 4.90 Å². The monoisotopic (exact) mass is 211 g/mol. The first-order chi connectivity index (χ1) is 7.14. The lowest BCUT2D eigenvalue weighted by atomic mass is 9.94. The highest BCUT2D eigenvalue weighted by atomic mass is 16.4. The van der Waals surface area contributed by atoms with E-state index >= 15 is 0 Å². The van der Waals surface area contributed by atoms with Gasteiger partial charge >= 0.3 is 5.97 Å². The normalized spacial score (nSPS) is 23.6. The summed E-state index contributed by atoms with van der Waals surface area (Å²) in [6.07, 6.45) is 6.25. The quantitative estimate of drug-likeness (QED) is 0.702. The van der Waals surface area contributed by atoms with Crippen molar-refractivity contribution >= 4 is 11.9 Å². The molecule has 2 fully saturated rings. The number of carbonyl (C=O) groups excluding carboxylic acids is 1. The smallest absolute Gasteiger partial charge is 0.312 e. The van der Waals surface area contributed by atoms with Gasteiger partial charge in [-0.25, -0.2) is 0 Å². The summed E-state index contributed by atoms with van der Waals surface area (Å²) in [5.74, 6) is -1.21. The summed E-state index contributed by atoms with van der Waals surface area (Å²) in [4.78, 5) is 24.1. The van der Waals surface area contributed by atoms with Gasteiger partial charge in [0, 0.05) is 12.1 Å². The van der Waals surface area contributed by atoms with E-state index < -0.39 is 5.97 Å². The second kappa shape index (κ2) is 3.83. The van der Waals surface area contributed by atoms with E-state index in [9.17, 15) is 9.59 Å². The Hall–Kier alpha value is -1.06. The molecule has 0 radical (unpaired) electrons. The van der Waals surface area contributed by atoms with Crippen LogP contribution in [0.1, 0.15) is 44.9 Å². The third kappa shape index (κ3) is 1.85. The maximum Gasteiger partial charge on any atom is 0.312 e. The fourth-order valence-electron chi connectivity index (χ4n) is 3.11. The van der Waals surface area contributed by atoms with Crippen LogP contribution >= 0.6 is 0 Å². The molecule has 4 nitrogen and oxygen atoms in total. The molecule has 1 heterocycles. The zero-order chi connectivity index (χ0) is 10.9. The van der Waals surface area contributed by atoms with E-state index in [0.29, 0.717) is 0 Å². The number of amides is 1. The van der Waals surface area contributed by atoms with Crippen LogP contribution in [0.25, 0.3) is 0 Å². The Labute approximate surface area is 89.3 Å². The highest BCUT2D eigenvalue weighted by molar-refractivity contribution is 5.93. The van der Waals surface area contributed by atoms with Gasteiger partial charge in [0.25, 0.3) is 0 Å². The Bertz CT molecular complexity index is 276. The molecule has 1 spiro atoms. The van der Waals surface area contributed by atoms with Gasteiger partial charge in [-0.2, -0.15) is 0 Å². The summed E-state index contributed by atoms with van der Waals surface area (Å²) in [5.41, 5.74) is 0.0343. The van der Waals surface area contributed by atoms with E-state index in [1.54, 1.807) is 0 Å². The van der Waals surface area contributed by atoms with Gasteiger partial charge in [0.2, 0.25) is 5.91 Å². The van der Waals surface area contributed by atoms with Gasteiger partial charge in [-0.05, 0) is 25.7 Å². The predicted molar refractivity (Wildman–Crippen MR) is 54.4 cm³/mol. The fraction of sp³-hybridized carbons (Fsp3) is 0.818. The molecule has 1 aliphatic heterocycles. The number of carboxylic acids is 1. The lowest BCUT2D eigenvalue weighted by Gasteiger charge is -2.34. The van der Waals surface area contributed by atoms with Crippen LogP contribution < -0.4 is 0 Å². The molecule has 0 aromatic rings. The van der Waals surface area contributed by atoms with Crippen molar-refractivity contribution in [3.63, 3.8) is 0 Å². The highest BCUT2D eigenvalue weighted by Crippen LogP contribution is 2.43. The molecule has 1 saturated heterocycles. The number of rotatable bonds is 2. The van der Waals surface area contributed by atoms with Crippen molar-refractivity contribution in [1.82, 2.24) is 4.90 Å². The van der Waals surface area contributed by atoms with Crippen LogP contribution in [0.4, 0.5) is 0 Å². The van der Waals surface area contributed by atoms with Crippen LogP contribution in [0.3, 0.4) is 0 Å². The van der Waals surface area contributed by atoms with Gasteiger partial charge in [0.1, 0.15) is 6.42 Å². The Kier molecular flexibility index (Phi) is 2.67. The number of hydrogen-bond donors (Lipinski definition) is 1. The molecule has 1 saturated carbocycles. The molecular weight excluding hydrogens is 194 g/mol. The first kappa shape index (κ1) is 10.5. The average molecular weight is 211 g/mol. The summed E-state index contributed by atoms with van der Waals surface area (Å²) >= 11 is 0. The minimum atomic E-state index is -1.01. The number of aliphatic carboxylic acids is 1. The lowest BCUT2D eigenvalue weighted by Crippen LogP contribution is -2.45. The Morgan fingerprint density at radius 2 is 1.73 bits per heavy atom. The summed E-state index contributed by atoms with van der Waals surface area (Å²) in [6, 6.07) is 0. The molecular formula is C11H17NO3.